The Morgan fingerprint density at radius 1 is 1.24 bits per heavy atom. The molecule has 33 heavy (non-hydrogen) atoms. The molecule has 1 aliphatic heterocycles. The van der Waals surface area contributed by atoms with E-state index < -0.39 is 21.3 Å². The van der Waals surface area contributed by atoms with E-state index in [1.54, 1.807) is 18.3 Å². The van der Waals surface area contributed by atoms with E-state index in [1.807, 2.05) is 18.2 Å². The van der Waals surface area contributed by atoms with Crippen molar-refractivity contribution < 1.29 is 13.2 Å². The van der Waals surface area contributed by atoms with Gasteiger partial charge in [-0.3, -0.25) is 0 Å². The van der Waals surface area contributed by atoms with Gasteiger partial charge < -0.3 is 10.2 Å². The molecule has 10 heteroatoms. The molecule has 1 radical (unpaired) electrons. The molecule has 1 aromatic carbocycles. The first kappa shape index (κ1) is 26.3. The molecule has 2 aromatic rings. The number of likely N-dealkylation sites (tertiary alicyclic amines) is 1. The van der Waals surface area contributed by atoms with E-state index in [0.717, 1.165) is 48.1 Å². The minimum Gasteiger partial charge on any atom is -0.306 e. The van der Waals surface area contributed by atoms with E-state index in [-0.39, 0.29) is 57.1 Å². The summed E-state index contributed by atoms with van der Waals surface area (Å²) in [6.07, 6.45) is 5.27. The average molecular weight is 493 g/mol. The minimum atomic E-state index is -3.78. The number of aromatic nitrogens is 1. The maximum atomic E-state index is 12.8. The average Bonchev–Trinajstić information content (AvgIpc) is 3.28. The summed E-state index contributed by atoms with van der Waals surface area (Å²) >= 11 is 0. The number of nitriles is 1. The fourth-order valence-electron chi connectivity index (χ4n) is 4.60. The van der Waals surface area contributed by atoms with Gasteiger partial charge in [0.2, 0.25) is 10.0 Å². The third-order valence-electron chi connectivity index (χ3n) is 6.36. The summed E-state index contributed by atoms with van der Waals surface area (Å²) in [6.45, 7) is 4.37. The number of hydrogen-bond acceptors (Lipinski definition) is 6. The maximum absolute atomic E-state index is 12.8. The van der Waals surface area contributed by atoms with Crippen LogP contribution in [0.25, 0.3) is 11.1 Å². The van der Waals surface area contributed by atoms with Crippen molar-refractivity contribution >= 4 is 73.1 Å². The van der Waals surface area contributed by atoms with Crippen molar-refractivity contribution in [1.82, 2.24) is 14.6 Å². The summed E-state index contributed by atoms with van der Waals surface area (Å²) in [7, 11) is -3.78. The van der Waals surface area contributed by atoms with Crippen LogP contribution in [0.2, 0.25) is 0 Å². The Hall–Kier alpha value is -1.32. The number of sulfonamides is 1. The predicted molar refractivity (Wildman–Crippen MR) is 128 cm³/mol. The zero-order valence-electron chi connectivity index (χ0n) is 19.1. The number of carbonyl (C=O) groups excluding carboxylic acids is 1. The van der Waals surface area contributed by atoms with Crippen molar-refractivity contribution in [3.05, 3.63) is 47.3 Å². The summed E-state index contributed by atoms with van der Waals surface area (Å²) < 4.78 is 27.9. The normalized spacial score (nSPS) is 16.4. The molecule has 2 amide bonds. The molecule has 8 nitrogen and oxygen atoms in total. The Bertz CT molecular complexity index is 1170. The molecule has 2 aliphatic rings. The Kier molecular flexibility index (Phi) is 9.08. The number of benzene rings is 1. The molecule has 4 rings (SSSR count). The second kappa shape index (κ2) is 11.4. The van der Waals surface area contributed by atoms with Gasteiger partial charge in [0.05, 0.1) is 10.9 Å². The van der Waals surface area contributed by atoms with Gasteiger partial charge in [0.15, 0.2) is 0 Å². The van der Waals surface area contributed by atoms with E-state index in [4.69, 9.17) is 0 Å². The third kappa shape index (κ3) is 6.03. The quantitative estimate of drug-likeness (QED) is 0.620. The number of pyridine rings is 1. The second-order valence-electron chi connectivity index (χ2n) is 8.26. The number of aryl methyl sites for hydroxylation is 1. The molecule has 1 aromatic heterocycles. The number of rotatable bonds is 5. The van der Waals surface area contributed by atoms with Gasteiger partial charge in [-0.1, -0.05) is 19.1 Å². The Morgan fingerprint density at radius 2 is 2.00 bits per heavy atom. The molecule has 0 atom stereocenters. The van der Waals surface area contributed by atoms with Crippen molar-refractivity contribution in [2.75, 3.05) is 25.0 Å². The van der Waals surface area contributed by atoms with Gasteiger partial charge in [0, 0.05) is 63.1 Å². The number of nitrogens with zero attached hydrogens (tertiary/aromatic N) is 3. The number of carbonyl (C=O) groups is 1. The molecule has 0 saturated carbocycles. The Labute approximate surface area is 237 Å². The second-order valence-corrected chi connectivity index (χ2v) is 10.2. The number of piperidine rings is 1. The van der Waals surface area contributed by atoms with E-state index in [1.165, 1.54) is 0 Å². The van der Waals surface area contributed by atoms with Gasteiger partial charge >= 0.3 is 6.03 Å². The fraction of sp³-hybridized carbons (Fsp3) is 0.435. The summed E-state index contributed by atoms with van der Waals surface area (Å²) in [6, 6.07) is 8.66. The van der Waals surface area contributed by atoms with Gasteiger partial charge in [0.25, 0.3) is 0 Å². The van der Waals surface area contributed by atoms with E-state index in [0.29, 0.717) is 31.6 Å². The first-order valence-corrected chi connectivity index (χ1v) is 12.5. The van der Waals surface area contributed by atoms with Crippen molar-refractivity contribution in [1.29, 1.82) is 5.26 Å². The summed E-state index contributed by atoms with van der Waals surface area (Å²) in [5.41, 5.74) is 4.53. The number of nitrogens with one attached hydrogen (secondary N) is 2. The van der Waals surface area contributed by atoms with Gasteiger partial charge in [-0.15, -0.1) is 0 Å². The Balaban J connectivity index is 0.00000306. The van der Waals surface area contributed by atoms with Crippen LogP contribution in [0.5, 0.6) is 0 Å². The van der Waals surface area contributed by atoms with Crippen LogP contribution in [0.3, 0.4) is 0 Å². The molecular weight excluding hydrogens is 465 g/mol. The maximum Gasteiger partial charge on any atom is 0.332 e. The number of fused-ring (bicyclic) bond motifs is 1. The fourth-order valence-corrected chi connectivity index (χ4v) is 5.90. The predicted octanol–water partition coefficient (Wildman–Crippen LogP) is 2.66. The van der Waals surface area contributed by atoms with Gasteiger partial charge in [-0.25, -0.2) is 22.9 Å². The van der Waals surface area contributed by atoms with Crippen LogP contribution < -0.4 is 10.0 Å². The van der Waals surface area contributed by atoms with Crippen LogP contribution in [0.15, 0.2) is 30.5 Å². The molecule has 1 saturated heterocycles. The van der Waals surface area contributed by atoms with Crippen LogP contribution in [-0.4, -0.2) is 101 Å². The van der Waals surface area contributed by atoms with Crippen LogP contribution in [0, 0.1) is 11.3 Å². The van der Waals surface area contributed by atoms with Crippen LogP contribution in [-0.2, 0) is 22.9 Å². The first-order valence-electron chi connectivity index (χ1n) is 11.0. The molecule has 0 bridgehead atoms. The zero-order chi connectivity index (χ0) is 22.7. The van der Waals surface area contributed by atoms with Gasteiger partial charge in [0.1, 0.15) is 11.8 Å². The standard InChI is InChI=1S/C23H27N5O3S.K/c1-2-28-12-9-19(10-13-28)32(30,31)27-23(29)26-22-20-5-3-4-16(20)6-7-21(22)17-8-11-25-18(14-17)15-24;/h6-8,11,14,19H,2-5,9-10,12-13H2,1H3,(H2,26,27,29);. The number of hydrogen-bond donors (Lipinski definition) is 2. The molecule has 0 unspecified atom stereocenters. The molecule has 0 spiro atoms. The number of anilines is 1. The molecule has 2 heterocycles. The molecule has 1 aliphatic carbocycles. The SMILES string of the molecule is CCN1CCC(S(=O)(=O)NC(=O)Nc2c(-c3ccnc(C#N)c3)ccc3c2CCC3)CC1.[K]. The van der Waals surface area contributed by atoms with Crippen molar-refractivity contribution in [3.8, 4) is 17.2 Å². The van der Waals surface area contributed by atoms with Crippen molar-refractivity contribution in [2.24, 2.45) is 0 Å². The van der Waals surface area contributed by atoms with Crippen LogP contribution in [0.1, 0.15) is 43.0 Å². The van der Waals surface area contributed by atoms with Crippen LogP contribution >= 0.6 is 0 Å². The Morgan fingerprint density at radius 3 is 2.70 bits per heavy atom. The summed E-state index contributed by atoms with van der Waals surface area (Å²) in [5, 5.41) is 11.4. The van der Waals surface area contributed by atoms with Crippen molar-refractivity contribution in [2.45, 2.75) is 44.3 Å². The molecular formula is C23H27KN5O3S. The molecule has 2 N–H and O–H groups in total. The monoisotopic (exact) mass is 492 g/mol. The molecule has 1 fully saturated rings. The molecule has 169 valence electrons. The van der Waals surface area contributed by atoms with Crippen molar-refractivity contribution in [3.63, 3.8) is 0 Å². The first-order chi connectivity index (χ1) is 15.4. The number of amides is 2. The summed E-state index contributed by atoms with van der Waals surface area (Å²) in [5.74, 6) is 0. The smallest absolute Gasteiger partial charge is 0.306 e. The van der Waals surface area contributed by atoms with Crippen LogP contribution in [0.4, 0.5) is 10.5 Å². The van der Waals surface area contributed by atoms with Gasteiger partial charge in [-0.05, 0) is 80.6 Å². The number of urea groups is 1. The third-order valence-corrected chi connectivity index (χ3v) is 8.18. The van der Waals surface area contributed by atoms with E-state index in [2.05, 4.69) is 26.8 Å². The minimum absolute atomic E-state index is 0. The zero-order valence-corrected chi connectivity index (χ0v) is 23.0. The van der Waals surface area contributed by atoms with E-state index in [9.17, 15) is 18.5 Å². The van der Waals surface area contributed by atoms with Gasteiger partial charge in [-0.2, -0.15) is 5.26 Å². The summed E-state index contributed by atoms with van der Waals surface area (Å²) in [4.78, 5) is 19.0. The largest absolute Gasteiger partial charge is 0.332 e. The topological polar surface area (TPSA) is 115 Å². The van der Waals surface area contributed by atoms with E-state index >= 15 is 0 Å².